The van der Waals surface area contributed by atoms with Gasteiger partial charge in [0.05, 0.1) is 12.5 Å². The molecule has 2 aromatic rings. The molecule has 0 amide bonds. The fourth-order valence-corrected chi connectivity index (χ4v) is 2.54. The molecule has 1 aliphatic rings. The summed E-state index contributed by atoms with van der Waals surface area (Å²) >= 11 is 0. The molecule has 3 rings (SSSR count). The zero-order valence-electron chi connectivity index (χ0n) is 10.7. The summed E-state index contributed by atoms with van der Waals surface area (Å²) in [7, 11) is 3.95. The number of nitrogens with one attached hydrogen (secondary N) is 1. The standard InChI is InChI=1S/C13H17N5/c1-14-10-4-3-5-11-9(10)6-16-13(17-11)12-7-15-8-18(12)2/h6-8,10,14H,3-5H2,1-2H3. The molecule has 5 nitrogen and oxygen atoms in total. The second kappa shape index (κ2) is 4.49. The normalized spacial score (nSPS) is 18.7. The first-order valence-electron chi connectivity index (χ1n) is 6.29. The van der Waals surface area contributed by atoms with Gasteiger partial charge in [0, 0.05) is 30.5 Å². The van der Waals surface area contributed by atoms with E-state index in [2.05, 4.69) is 15.3 Å². The van der Waals surface area contributed by atoms with Crippen molar-refractivity contribution in [3.05, 3.63) is 30.0 Å². The minimum atomic E-state index is 0.398. The summed E-state index contributed by atoms with van der Waals surface area (Å²) in [4.78, 5) is 13.3. The molecule has 0 radical (unpaired) electrons. The first-order chi connectivity index (χ1) is 8.79. The zero-order chi connectivity index (χ0) is 12.5. The molecule has 2 heterocycles. The van der Waals surface area contributed by atoms with E-state index >= 15 is 0 Å². The predicted molar refractivity (Wildman–Crippen MR) is 69.0 cm³/mol. The summed E-state index contributed by atoms with van der Waals surface area (Å²) < 4.78 is 1.94. The van der Waals surface area contributed by atoms with Crippen LogP contribution in [0.15, 0.2) is 18.7 Å². The van der Waals surface area contributed by atoms with Crippen molar-refractivity contribution in [1.29, 1.82) is 0 Å². The Balaban J connectivity index is 2.04. The van der Waals surface area contributed by atoms with Crippen molar-refractivity contribution in [1.82, 2.24) is 24.8 Å². The molecule has 1 atom stereocenters. The molecular formula is C13H17N5. The third-order valence-corrected chi connectivity index (χ3v) is 3.58. The molecule has 94 valence electrons. The number of fused-ring (bicyclic) bond motifs is 1. The highest BCUT2D eigenvalue weighted by Crippen LogP contribution is 2.28. The molecule has 1 unspecified atom stereocenters. The Labute approximate surface area is 106 Å². The van der Waals surface area contributed by atoms with Gasteiger partial charge in [-0.1, -0.05) is 0 Å². The van der Waals surface area contributed by atoms with E-state index in [1.54, 1.807) is 12.5 Å². The summed E-state index contributed by atoms with van der Waals surface area (Å²) in [5.41, 5.74) is 3.38. The number of nitrogens with zero attached hydrogens (tertiary/aromatic N) is 4. The van der Waals surface area contributed by atoms with Crippen LogP contribution in [0.25, 0.3) is 11.5 Å². The van der Waals surface area contributed by atoms with Crippen molar-refractivity contribution in [2.45, 2.75) is 25.3 Å². The van der Waals surface area contributed by atoms with Crippen LogP contribution in [0.1, 0.15) is 30.1 Å². The summed E-state index contributed by atoms with van der Waals surface area (Å²) in [6.45, 7) is 0. The highest BCUT2D eigenvalue weighted by molar-refractivity contribution is 5.49. The minimum absolute atomic E-state index is 0.398. The van der Waals surface area contributed by atoms with Crippen LogP contribution in [-0.4, -0.2) is 26.6 Å². The number of aryl methyl sites for hydroxylation is 2. The number of aromatic nitrogens is 4. The van der Waals surface area contributed by atoms with Gasteiger partial charge in [-0.15, -0.1) is 0 Å². The monoisotopic (exact) mass is 243 g/mol. The average molecular weight is 243 g/mol. The fourth-order valence-electron chi connectivity index (χ4n) is 2.54. The van der Waals surface area contributed by atoms with Crippen LogP contribution in [-0.2, 0) is 13.5 Å². The Hall–Kier alpha value is -1.75. The van der Waals surface area contributed by atoms with Gasteiger partial charge in [-0.3, -0.25) is 0 Å². The maximum absolute atomic E-state index is 4.70. The Bertz CT molecular complexity index is 560. The van der Waals surface area contributed by atoms with Crippen molar-refractivity contribution in [3.8, 4) is 11.5 Å². The van der Waals surface area contributed by atoms with Crippen LogP contribution >= 0.6 is 0 Å². The van der Waals surface area contributed by atoms with Crippen LogP contribution in [0.2, 0.25) is 0 Å². The molecule has 18 heavy (non-hydrogen) atoms. The molecule has 0 aliphatic heterocycles. The van der Waals surface area contributed by atoms with E-state index in [-0.39, 0.29) is 0 Å². The smallest absolute Gasteiger partial charge is 0.178 e. The molecule has 0 saturated carbocycles. The van der Waals surface area contributed by atoms with Crippen LogP contribution < -0.4 is 5.32 Å². The molecule has 2 aromatic heterocycles. The SMILES string of the molecule is CNC1CCCc2nc(-c3cncn3C)ncc21. The van der Waals surface area contributed by atoms with Crippen molar-refractivity contribution in [2.75, 3.05) is 7.05 Å². The highest BCUT2D eigenvalue weighted by Gasteiger charge is 2.21. The van der Waals surface area contributed by atoms with Crippen molar-refractivity contribution in [3.63, 3.8) is 0 Å². The van der Waals surface area contributed by atoms with Crippen molar-refractivity contribution < 1.29 is 0 Å². The lowest BCUT2D eigenvalue weighted by Crippen LogP contribution is -2.23. The van der Waals surface area contributed by atoms with E-state index in [1.807, 2.05) is 24.9 Å². The van der Waals surface area contributed by atoms with E-state index in [9.17, 15) is 0 Å². The van der Waals surface area contributed by atoms with E-state index in [1.165, 1.54) is 17.7 Å². The van der Waals surface area contributed by atoms with E-state index in [0.717, 1.165) is 24.4 Å². The number of rotatable bonds is 2. The van der Waals surface area contributed by atoms with Crippen LogP contribution in [0.4, 0.5) is 0 Å². The Morgan fingerprint density at radius 2 is 2.28 bits per heavy atom. The molecule has 5 heteroatoms. The Kier molecular flexibility index (Phi) is 2.83. The van der Waals surface area contributed by atoms with Gasteiger partial charge in [-0.2, -0.15) is 0 Å². The van der Waals surface area contributed by atoms with Gasteiger partial charge in [0.2, 0.25) is 0 Å². The maximum atomic E-state index is 4.70. The first kappa shape index (κ1) is 11.3. The van der Waals surface area contributed by atoms with Crippen molar-refractivity contribution in [2.24, 2.45) is 7.05 Å². The van der Waals surface area contributed by atoms with E-state index < -0.39 is 0 Å². The van der Waals surface area contributed by atoms with E-state index in [4.69, 9.17) is 4.98 Å². The first-order valence-corrected chi connectivity index (χ1v) is 6.29. The van der Waals surface area contributed by atoms with Gasteiger partial charge in [-0.25, -0.2) is 15.0 Å². The molecule has 0 bridgehead atoms. The predicted octanol–water partition coefficient (Wildman–Crippen LogP) is 1.47. The molecule has 0 spiro atoms. The minimum Gasteiger partial charge on any atom is -0.331 e. The highest BCUT2D eigenvalue weighted by atomic mass is 15.1. The molecule has 1 N–H and O–H groups in total. The lowest BCUT2D eigenvalue weighted by molar-refractivity contribution is 0.487. The average Bonchev–Trinajstić information content (AvgIpc) is 2.83. The van der Waals surface area contributed by atoms with Gasteiger partial charge < -0.3 is 9.88 Å². The third-order valence-electron chi connectivity index (χ3n) is 3.58. The molecule has 1 aliphatic carbocycles. The van der Waals surface area contributed by atoms with Crippen LogP contribution in [0.3, 0.4) is 0 Å². The fraction of sp³-hybridized carbons (Fsp3) is 0.462. The van der Waals surface area contributed by atoms with Crippen molar-refractivity contribution >= 4 is 0 Å². The number of hydrogen-bond acceptors (Lipinski definition) is 4. The second-order valence-corrected chi connectivity index (χ2v) is 4.72. The van der Waals surface area contributed by atoms with Gasteiger partial charge in [0.15, 0.2) is 5.82 Å². The molecule has 0 fully saturated rings. The van der Waals surface area contributed by atoms with E-state index in [0.29, 0.717) is 6.04 Å². The van der Waals surface area contributed by atoms with Crippen LogP contribution in [0.5, 0.6) is 0 Å². The number of imidazole rings is 1. The summed E-state index contributed by atoms with van der Waals surface area (Å²) in [5, 5.41) is 3.33. The van der Waals surface area contributed by atoms with Crippen LogP contribution in [0, 0.1) is 0 Å². The summed E-state index contributed by atoms with van der Waals surface area (Å²) in [6.07, 6.45) is 8.93. The maximum Gasteiger partial charge on any atom is 0.178 e. The summed E-state index contributed by atoms with van der Waals surface area (Å²) in [6, 6.07) is 0.398. The third kappa shape index (κ3) is 1.80. The van der Waals surface area contributed by atoms with Gasteiger partial charge in [-0.05, 0) is 26.3 Å². The number of hydrogen-bond donors (Lipinski definition) is 1. The quantitative estimate of drug-likeness (QED) is 0.868. The Morgan fingerprint density at radius 3 is 3.00 bits per heavy atom. The van der Waals surface area contributed by atoms with Gasteiger partial charge in [0.1, 0.15) is 5.69 Å². The lowest BCUT2D eigenvalue weighted by Gasteiger charge is -2.24. The zero-order valence-corrected chi connectivity index (χ0v) is 10.7. The largest absolute Gasteiger partial charge is 0.331 e. The van der Waals surface area contributed by atoms with Gasteiger partial charge in [0.25, 0.3) is 0 Å². The molecule has 0 saturated heterocycles. The molecular weight excluding hydrogens is 226 g/mol. The summed E-state index contributed by atoms with van der Waals surface area (Å²) in [5.74, 6) is 0.769. The Morgan fingerprint density at radius 1 is 1.39 bits per heavy atom. The molecule has 0 aromatic carbocycles. The second-order valence-electron chi connectivity index (χ2n) is 4.72. The van der Waals surface area contributed by atoms with Gasteiger partial charge >= 0.3 is 0 Å². The topological polar surface area (TPSA) is 55.6 Å². The lowest BCUT2D eigenvalue weighted by atomic mass is 9.92.